The van der Waals surface area contributed by atoms with Gasteiger partial charge in [0.25, 0.3) is 0 Å². The Hall–Kier alpha value is -3.50. The van der Waals surface area contributed by atoms with Gasteiger partial charge in [-0.15, -0.1) is 0 Å². The largest absolute Gasteiger partial charge is 0.360 e. The maximum Gasteiger partial charge on any atom is 0.186 e. The molecule has 0 spiro atoms. The number of aromatic amines is 1. The van der Waals surface area contributed by atoms with Gasteiger partial charge in [-0.25, -0.2) is 0 Å². The molecule has 0 aliphatic heterocycles. The van der Waals surface area contributed by atoms with Crippen LogP contribution in [0.25, 0.3) is 10.9 Å². The molecule has 0 saturated heterocycles. The fraction of sp³-hybridized carbons (Fsp3) is 0.214. The van der Waals surface area contributed by atoms with E-state index in [1.165, 1.54) is 11.1 Å². The second-order valence-corrected chi connectivity index (χ2v) is 8.36. The SMILES string of the molecule is CC(=O)Cc1ccc2c(C(=O)[C@@H](NCCc3ccc(C)cc3)c3ccccc3)c[nH]c2c1. The zero-order valence-corrected chi connectivity index (χ0v) is 18.5. The molecule has 3 aromatic carbocycles. The minimum atomic E-state index is -0.433. The maximum atomic E-state index is 13.6. The number of carbonyl (C=O) groups is 2. The lowest BCUT2D eigenvalue weighted by Gasteiger charge is -2.18. The minimum absolute atomic E-state index is 0.0330. The van der Waals surface area contributed by atoms with Crippen molar-refractivity contribution in [3.8, 4) is 0 Å². The summed E-state index contributed by atoms with van der Waals surface area (Å²) < 4.78 is 0. The molecule has 0 aliphatic rings. The number of carbonyl (C=O) groups excluding carboxylic acids is 2. The molecule has 0 bridgehead atoms. The second kappa shape index (κ2) is 9.75. The van der Waals surface area contributed by atoms with Gasteiger partial charge in [-0.1, -0.05) is 72.3 Å². The van der Waals surface area contributed by atoms with Gasteiger partial charge in [-0.05, 0) is 43.0 Å². The topological polar surface area (TPSA) is 62.0 Å². The molecule has 162 valence electrons. The molecule has 0 aliphatic carbocycles. The highest BCUT2D eigenvalue weighted by molar-refractivity contribution is 6.10. The van der Waals surface area contributed by atoms with Crippen molar-refractivity contribution in [2.45, 2.75) is 32.7 Å². The van der Waals surface area contributed by atoms with Crippen molar-refractivity contribution in [2.75, 3.05) is 6.54 Å². The molecule has 4 heteroatoms. The van der Waals surface area contributed by atoms with Crippen LogP contribution in [0.5, 0.6) is 0 Å². The standard InChI is InChI=1S/C28H28N2O2/c1-19-8-10-21(11-9-19)14-15-29-27(23-6-4-3-5-7-23)28(32)25-18-30-26-17-22(16-20(2)31)12-13-24(25)26/h3-13,17-18,27,29-30H,14-16H2,1-2H3/t27-/m0/s1. The third kappa shape index (κ3) is 5.04. The molecule has 0 unspecified atom stereocenters. The predicted molar refractivity (Wildman–Crippen MR) is 129 cm³/mol. The highest BCUT2D eigenvalue weighted by Gasteiger charge is 2.24. The van der Waals surface area contributed by atoms with Gasteiger partial charge >= 0.3 is 0 Å². The van der Waals surface area contributed by atoms with E-state index in [0.29, 0.717) is 18.5 Å². The Labute approximate surface area is 188 Å². The van der Waals surface area contributed by atoms with Crippen LogP contribution in [0.4, 0.5) is 0 Å². The van der Waals surface area contributed by atoms with Crippen LogP contribution in [0.3, 0.4) is 0 Å². The summed E-state index contributed by atoms with van der Waals surface area (Å²) in [5.74, 6) is 0.153. The van der Waals surface area contributed by atoms with E-state index in [0.717, 1.165) is 28.5 Å². The Balaban J connectivity index is 1.57. The predicted octanol–water partition coefficient (Wildman–Crippen LogP) is 5.36. The number of hydrogen-bond donors (Lipinski definition) is 2. The van der Waals surface area contributed by atoms with Crippen molar-refractivity contribution in [1.29, 1.82) is 0 Å². The lowest BCUT2D eigenvalue weighted by Crippen LogP contribution is -2.30. The zero-order valence-electron chi connectivity index (χ0n) is 18.5. The molecule has 1 atom stereocenters. The van der Waals surface area contributed by atoms with Gasteiger partial charge in [0.15, 0.2) is 5.78 Å². The molecule has 1 heterocycles. The van der Waals surface area contributed by atoms with Gasteiger partial charge < -0.3 is 10.3 Å². The molecule has 2 N–H and O–H groups in total. The van der Waals surface area contributed by atoms with Crippen LogP contribution in [0.1, 0.15) is 45.6 Å². The Bertz CT molecular complexity index is 1220. The van der Waals surface area contributed by atoms with E-state index in [9.17, 15) is 9.59 Å². The van der Waals surface area contributed by atoms with Crippen LogP contribution in [-0.2, 0) is 17.6 Å². The number of ketones is 2. The molecule has 0 saturated carbocycles. The van der Waals surface area contributed by atoms with Crippen molar-refractivity contribution in [3.63, 3.8) is 0 Å². The van der Waals surface area contributed by atoms with E-state index in [-0.39, 0.29) is 11.6 Å². The molecule has 4 nitrogen and oxygen atoms in total. The fourth-order valence-corrected chi connectivity index (χ4v) is 4.05. The molecule has 0 radical (unpaired) electrons. The number of aryl methyl sites for hydroxylation is 1. The van der Waals surface area contributed by atoms with Crippen molar-refractivity contribution in [2.24, 2.45) is 0 Å². The highest BCUT2D eigenvalue weighted by Crippen LogP contribution is 2.26. The lowest BCUT2D eigenvalue weighted by molar-refractivity contribution is -0.116. The maximum absolute atomic E-state index is 13.6. The van der Waals surface area contributed by atoms with E-state index >= 15 is 0 Å². The van der Waals surface area contributed by atoms with Gasteiger partial charge in [0.1, 0.15) is 5.78 Å². The summed E-state index contributed by atoms with van der Waals surface area (Å²) in [6, 6.07) is 23.7. The van der Waals surface area contributed by atoms with Gasteiger partial charge in [0.2, 0.25) is 0 Å². The van der Waals surface area contributed by atoms with E-state index in [1.807, 2.05) is 48.5 Å². The van der Waals surface area contributed by atoms with E-state index in [2.05, 4.69) is 41.5 Å². The van der Waals surface area contributed by atoms with Crippen molar-refractivity contribution < 1.29 is 9.59 Å². The first-order valence-electron chi connectivity index (χ1n) is 11.0. The monoisotopic (exact) mass is 424 g/mol. The summed E-state index contributed by atoms with van der Waals surface area (Å²) in [4.78, 5) is 28.3. The molecule has 1 aromatic heterocycles. The molecule has 0 amide bonds. The normalized spacial score (nSPS) is 12.1. The Kier molecular flexibility index (Phi) is 6.62. The fourth-order valence-electron chi connectivity index (χ4n) is 4.05. The summed E-state index contributed by atoms with van der Waals surface area (Å²) >= 11 is 0. The summed E-state index contributed by atoms with van der Waals surface area (Å²) in [6.07, 6.45) is 3.02. The molecule has 4 rings (SSSR count). The van der Waals surface area contributed by atoms with Crippen molar-refractivity contribution in [3.05, 3.63) is 107 Å². The molecule has 4 aromatic rings. The minimum Gasteiger partial charge on any atom is -0.360 e. The summed E-state index contributed by atoms with van der Waals surface area (Å²) in [5, 5.41) is 4.36. The van der Waals surface area contributed by atoms with Gasteiger partial charge in [0, 0.05) is 35.6 Å². The quantitative estimate of drug-likeness (QED) is 0.355. The Morgan fingerprint density at radius 1 is 0.938 bits per heavy atom. The number of H-pyrrole nitrogens is 1. The van der Waals surface area contributed by atoms with Crippen LogP contribution in [0, 0.1) is 6.92 Å². The van der Waals surface area contributed by atoms with Crippen LogP contribution < -0.4 is 5.32 Å². The second-order valence-electron chi connectivity index (χ2n) is 8.36. The van der Waals surface area contributed by atoms with Crippen LogP contribution in [0.2, 0.25) is 0 Å². The number of aromatic nitrogens is 1. The third-order valence-electron chi connectivity index (χ3n) is 5.74. The number of rotatable bonds is 9. The summed E-state index contributed by atoms with van der Waals surface area (Å²) in [7, 11) is 0. The Morgan fingerprint density at radius 2 is 1.66 bits per heavy atom. The first-order valence-corrected chi connectivity index (χ1v) is 11.0. The van der Waals surface area contributed by atoms with E-state index < -0.39 is 6.04 Å². The zero-order chi connectivity index (χ0) is 22.5. The van der Waals surface area contributed by atoms with Crippen molar-refractivity contribution >= 4 is 22.5 Å². The van der Waals surface area contributed by atoms with Crippen LogP contribution >= 0.6 is 0 Å². The number of nitrogens with one attached hydrogen (secondary N) is 2. The van der Waals surface area contributed by atoms with Crippen LogP contribution in [-0.4, -0.2) is 23.1 Å². The van der Waals surface area contributed by atoms with Gasteiger partial charge in [-0.3, -0.25) is 9.59 Å². The highest BCUT2D eigenvalue weighted by atomic mass is 16.1. The number of Topliss-reactive ketones (excluding diaryl/α,β-unsaturated/α-hetero) is 2. The third-order valence-corrected chi connectivity index (χ3v) is 5.74. The van der Waals surface area contributed by atoms with Gasteiger partial charge in [-0.2, -0.15) is 0 Å². The first-order chi connectivity index (χ1) is 15.5. The molecule has 0 fully saturated rings. The van der Waals surface area contributed by atoms with Crippen molar-refractivity contribution in [1.82, 2.24) is 10.3 Å². The Morgan fingerprint density at radius 3 is 2.38 bits per heavy atom. The van der Waals surface area contributed by atoms with Gasteiger partial charge in [0.05, 0.1) is 6.04 Å². The number of hydrogen-bond acceptors (Lipinski definition) is 3. The lowest BCUT2D eigenvalue weighted by atomic mass is 9.96. The summed E-state index contributed by atoms with van der Waals surface area (Å²) in [6.45, 7) is 4.36. The molecular formula is C28H28N2O2. The molecular weight excluding hydrogens is 396 g/mol. The average Bonchev–Trinajstić information content (AvgIpc) is 3.21. The van der Waals surface area contributed by atoms with E-state index in [4.69, 9.17) is 0 Å². The molecule has 32 heavy (non-hydrogen) atoms. The van der Waals surface area contributed by atoms with E-state index in [1.54, 1.807) is 13.1 Å². The first kappa shape index (κ1) is 21.7. The average molecular weight is 425 g/mol. The summed E-state index contributed by atoms with van der Waals surface area (Å²) in [5.41, 5.74) is 5.91. The number of fused-ring (bicyclic) bond motifs is 1. The smallest absolute Gasteiger partial charge is 0.186 e. The van der Waals surface area contributed by atoms with Crippen LogP contribution in [0.15, 0.2) is 79.0 Å². The number of benzene rings is 3.